The van der Waals surface area contributed by atoms with Crippen LogP contribution in [0.15, 0.2) is 0 Å². The summed E-state index contributed by atoms with van der Waals surface area (Å²) in [7, 11) is 0. The Labute approximate surface area is 133 Å². The second-order valence-electron chi connectivity index (χ2n) is 7.13. The number of piperidine rings is 1. The van der Waals surface area contributed by atoms with Gasteiger partial charge in [-0.05, 0) is 57.4 Å². The lowest BCUT2D eigenvalue weighted by atomic mass is 9.78. The molecule has 22 heavy (non-hydrogen) atoms. The van der Waals surface area contributed by atoms with E-state index in [-0.39, 0.29) is 17.9 Å². The predicted octanol–water partition coefficient (Wildman–Crippen LogP) is 1.43. The molecule has 2 heterocycles. The van der Waals surface area contributed by atoms with Gasteiger partial charge >= 0.3 is 0 Å². The summed E-state index contributed by atoms with van der Waals surface area (Å²) in [4.78, 5) is 26.7. The molecule has 3 fully saturated rings. The molecular weight excluding hydrogens is 278 g/mol. The van der Waals surface area contributed by atoms with Gasteiger partial charge in [0.05, 0.1) is 6.54 Å². The van der Waals surface area contributed by atoms with Crippen LogP contribution in [0.4, 0.5) is 0 Å². The number of amides is 2. The molecule has 0 aromatic heterocycles. The molecule has 2 aliphatic heterocycles. The number of rotatable bonds is 3. The van der Waals surface area contributed by atoms with Gasteiger partial charge in [0, 0.05) is 12.6 Å². The zero-order valence-electron chi connectivity index (χ0n) is 13.5. The Balaban J connectivity index is 1.53. The van der Waals surface area contributed by atoms with E-state index in [1.54, 1.807) is 0 Å². The van der Waals surface area contributed by atoms with Crippen molar-refractivity contribution in [1.82, 2.24) is 15.5 Å². The van der Waals surface area contributed by atoms with Crippen LogP contribution in [-0.4, -0.2) is 48.4 Å². The van der Waals surface area contributed by atoms with E-state index < -0.39 is 0 Å². The minimum Gasteiger partial charge on any atom is -0.354 e. The molecule has 3 atom stereocenters. The first-order valence-electron chi connectivity index (χ1n) is 9.05. The molecule has 124 valence electrons. The molecule has 1 saturated carbocycles. The number of hydrogen-bond acceptors (Lipinski definition) is 3. The average Bonchev–Trinajstić information content (AvgIpc) is 2.73. The van der Waals surface area contributed by atoms with Crippen LogP contribution < -0.4 is 10.6 Å². The van der Waals surface area contributed by atoms with Crippen LogP contribution in [0, 0.1) is 5.92 Å². The Kier molecular flexibility index (Phi) is 5.34. The summed E-state index contributed by atoms with van der Waals surface area (Å²) in [5, 5.41) is 5.84. The first-order chi connectivity index (χ1) is 10.7. The maximum Gasteiger partial charge on any atom is 0.242 e. The smallest absolute Gasteiger partial charge is 0.242 e. The van der Waals surface area contributed by atoms with Gasteiger partial charge in [0.2, 0.25) is 11.8 Å². The standard InChI is InChI=1S/C17H29N3O2/c21-16(19-14-8-3-4-10-18-17(14)22)12-20-11-5-7-13-6-1-2-9-15(13)20/h13-15H,1-12H2,(H,18,22)(H,19,21)/t13-,14+,15+/m0/s1. The van der Waals surface area contributed by atoms with Gasteiger partial charge in [-0.15, -0.1) is 0 Å². The SMILES string of the molecule is O=C(CN1CCC[C@@H]2CCCC[C@H]21)N[C@@H]1CCCCNC1=O. The Morgan fingerprint density at radius 1 is 1.09 bits per heavy atom. The van der Waals surface area contributed by atoms with Crippen LogP contribution in [0.3, 0.4) is 0 Å². The molecule has 0 bridgehead atoms. The molecule has 3 aliphatic rings. The summed E-state index contributed by atoms with van der Waals surface area (Å²) in [5.41, 5.74) is 0. The van der Waals surface area contributed by atoms with Gasteiger partial charge < -0.3 is 10.6 Å². The van der Waals surface area contributed by atoms with Crippen LogP contribution in [0.5, 0.6) is 0 Å². The van der Waals surface area contributed by atoms with Crippen molar-refractivity contribution in [1.29, 1.82) is 0 Å². The fourth-order valence-corrected chi connectivity index (χ4v) is 4.43. The number of fused-ring (bicyclic) bond motifs is 1. The number of nitrogens with zero attached hydrogens (tertiary/aromatic N) is 1. The highest BCUT2D eigenvalue weighted by molar-refractivity contribution is 5.88. The first kappa shape index (κ1) is 15.8. The maximum atomic E-state index is 12.4. The summed E-state index contributed by atoms with van der Waals surface area (Å²) in [6.07, 6.45) is 10.5. The molecule has 2 amide bonds. The van der Waals surface area contributed by atoms with Crippen molar-refractivity contribution >= 4 is 11.8 Å². The van der Waals surface area contributed by atoms with Crippen LogP contribution in [-0.2, 0) is 9.59 Å². The molecule has 2 saturated heterocycles. The van der Waals surface area contributed by atoms with Gasteiger partial charge in [0.25, 0.3) is 0 Å². The number of carbonyl (C=O) groups excluding carboxylic acids is 2. The molecule has 1 aliphatic carbocycles. The number of likely N-dealkylation sites (tertiary alicyclic amines) is 1. The molecule has 0 spiro atoms. The largest absolute Gasteiger partial charge is 0.354 e. The number of hydrogen-bond donors (Lipinski definition) is 2. The van der Waals surface area contributed by atoms with Crippen molar-refractivity contribution in [3.8, 4) is 0 Å². The molecule has 0 aromatic carbocycles. The molecule has 5 nitrogen and oxygen atoms in total. The Morgan fingerprint density at radius 3 is 2.77 bits per heavy atom. The minimum atomic E-state index is -0.332. The molecule has 5 heteroatoms. The van der Waals surface area contributed by atoms with Crippen molar-refractivity contribution in [3.05, 3.63) is 0 Å². The van der Waals surface area contributed by atoms with Gasteiger partial charge in [0.1, 0.15) is 6.04 Å². The third kappa shape index (κ3) is 3.80. The molecular formula is C17H29N3O2. The number of nitrogens with one attached hydrogen (secondary N) is 2. The molecule has 0 unspecified atom stereocenters. The third-order valence-electron chi connectivity index (χ3n) is 5.58. The van der Waals surface area contributed by atoms with Crippen LogP contribution in [0.25, 0.3) is 0 Å². The average molecular weight is 307 g/mol. The highest BCUT2D eigenvalue weighted by Gasteiger charge is 2.34. The minimum absolute atomic E-state index is 0.0139. The maximum absolute atomic E-state index is 12.4. The zero-order chi connectivity index (χ0) is 15.4. The summed E-state index contributed by atoms with van der Waals surface area (Å²) in [6.45, 7) is 2.23. The van der Waals surface area contributed by atoms with E-state index in [0.29, 0.717) is 12.6 Å². The highest BCUT2D eigenvalue weighted by Crippen LogP contribution is 2.34. The summed E-state index contributed by atoms with van der Waals surface area (Å²) >= 11 is 0. The van der Waals surface area contributed by atoms with E-state index in [2.05, 4.69) is 15.5 Å². The van der Waals surface area contributed by atoms with E-state index in [9.17, 15) is 9.59 Å². The van der Waals surface area contributed by atoms with Gasteiger partial charge in [-0.25, -0.2) is 0 Å². The van der Waals surface area contributed by atoms with Crippen LogP contribution in [0.2, 0.25) is 0 Å². The third-order valence-corrected chi connectivity index (χ3v) is 5.58. The second-order valence-corrected chi connectivity index (χ2v) is 7.13. The van der Waals surface area contributed by atoms with Crippen molar-refractivity contribution in [3.63, 3.8) is 0 Å². The molecule has 2 N–H and O–H groups in total. The quantitative estimate of drug-likeness (QED) is 0.829. The van der Waals surface area contributed by atoms with E-state index in [1.807, 2.05) is 0 Å². The van der Waals surface area contributed by atoms with E-state index in [1.165, 1.54) is 38.5 Å². The molecule has 0 aromatic rings. The van der Waals surface area contributed by atoms with Gasteiger partial charge in [-0.1, -0.05) is 12.8 Å². The Hall–Kier alpha value is -1.10. The van der Waals surface area contributed by atoms with Gasteiger partial charge in [-0.3, -0.25) is 14.5 Å². The van der Waals surface area contributed by atoms with Gasteiger partial charge in [-0.2, -0.15) is 0 Å². The lowest BCUT2D eigenvalue weighted by molar-refractivity contribution is -0.130. The first-order valence-corrected chi connectivity index (χ1v) is 9.05. The summed E-state index contributed by atoms with van der Waals surface area (Å²) in [5.74, 6) is 0.796. The monoisotopic (exact) mass is 307 g/mol. The predicted molar refractivity (Wildman–Crippen MR) is 85.3 cm³/mol. The van der Waals surface area contributed by atoms with E-state index in [0.717, 1.165) is 38.3 Å². The van der Waals surface area contributed by atoms with Crippen LogP contribution >= 0.6 is 0 Å². The van der Waals surface area contributed by atoms with Crippen molar-refractivity contribution in [2.24, 2.45) is 5.92 Å². The van der Waals surface area contributed by atoms with E-state index in [4.69, 9.17) is 0 Å². The lowest BCUT2D eigenvalue weighted by Crippen LogP contribution is -2.53. The van der Waals surface area contributed by atoms with Crippen molar-refractivity contribution in [2.75, 3.05) is 19.6 Å². The Morgan fingerprint density at radius 2 is 1.86 bits per heavy atom. The zero-order valence-corrected chi connectivity index (χ0v) is 13.5. The van der Waals surface area contributed by atoms with Gasteiger partial charge in [0.15, 0.2) is 0 Å². The topological polar surface area (TPSA) is 61.4 Å². The fourth-order valence-electron chi connectivity index (χ4n) is 4.43. The normalized spacial score (nSPS) is 33.5. The highest BCUT2D eigenvalue weighted by atomic mass is 16.2. The van der Waals surface area contributed by atoms with Crippen molar-refractivity contribution in [2.45, 2.75) is 69.9 Å². The summed E-state index contributed by atoms with van der Waals surface area (Å²) in [6, 6.07) is 0.262. The molecule has 3 rings (SSSR count). The Bertz CT molecular complexity index is 411. The van der Waals surface area contributed by atoms with Crippen molar-refractivity contribution < 1.29 is 9.59 Å². The van der Waals surface area contributed by atoms with E-state index >= 15 is 0 Å². The summed E-state index contributed by atoms with van der Waals surface area (Å²) < 4.78 is 0. The lowest BCUT2D eigenvalue weighted by Gasteiger charge is -2.43. The fraction of sp³-hybridized carbons (Fsp3) is 0.882. The molecule has 0 radical (unpaired) electrons. The second kappa shape index (κ2) is 7.44. The number of carbonyl (C=O) groups is 2. The van der Waals surface area contributed by atoms with Crippen LogP contribution in [0.1, 0.15) is 57.8 Å².